The van der Waals surface area contributed by atoms with Gasteiger partial charge in [0.2, 0.25) is 0 Å². The minimum Gasteiger partial charge on any atom is -0.488 e. The van der Waals surface area contributed by atoms with Crippen molar-refractivity contribution in [2.45, 2.75) is 13.0 Å². The Morgan fingerprint density at radius 2 is 1.96 bits per heavy atom. The van der Waals surface area contributed by atoms with Gasteiger partial charge in [-0.25, -0.2) is 4.39 Å². The average molecular weight is 389 g/mol. The van der Waals surface area contributed by atoms with Crippen LogP contribution in [0.3, 0.4) is 0 Å². The van der Waals surface area contributed by atoms with Crippen LogP contribution in [-0.2, 0) is 4.79 Å². The van der Waals surface area contributed by atoms with Crippen LogP contribution in [0.15, 0.2) is 54.7 Å². The fourth-order valence-corrected chi connectivity index (χ4v) is 2.72. The summed E-state index contributed by atoms with van der Waals surface area (Å²) < 4.78 is 24.5. The van der Waals surface area contributed by atoms with Crippen molar-refractivity contribution in [1.29, 1.82) is 0 Å². The summed E-state index contributed by atoms with van der Waals surface area (Å²) in [7, 11) is 0. The van der Waals surface area contributed by atoms with E-state index < -0.39 is 5.82 Å². The van der Waals surface area contributed by atoms with Crippen molar-refractivity contribution in [3.63, 3.8) is 0 Å². The first-order valence-corrected chi connectivity index (χ1v) is 8.75. The molecule has 1 aromatic heterocycles. The first-order valence-electron chi connectivity index (χ1n) is 8.37. The summed E-state index contributed by atoms with van der Waals surface area (Å²) in [6.07, 6.45) is 1.63. The molecule has 3 rings (SSSR count). The Morgan fingerprint density at radius 3 is 2.78 bits per heavy atom. The summed E-state index contributed by atoms with van der Waals surface area (Å²) in [5.41, 5.74) is 0.591. The molecule has 0 saturated carbocycles. The normalized spacial score (nSPS) is 11.8. The molecule has 0 saturated heterocycles. The molecule has 0 fully saturated rings. The first-order chi connectivity index (χ1) is 13.0. The lowest BCUT2D eigenvalue weighted by Gasteiger charge is -2.16. The molecule has 7 heteroatoms. The second kappa shape index (κ2) is 8.68. The van der Waals surface area contributed by atoms with E-state index >= 15 is 0 Å². The quantitative estimate of drug-likeness (QED) is 0.664. The number of carbonyl (C=O) groups excluding carboxylic acids is 1. The van der Waals surface area contributed by atoms with Crippen molar-refractivity contribution in [3.8, 4) is 11.5 Å². The number of hydrogen-bond acceptors (Lipinski definition) is 4. The molecule has 2 aromatic carbocycles. The molecule has 0 aliphatic carbocycles. The van der Waals surface area contributed by atoms with Gasteiger partial charge in [0.15, 0.2) is 18.2 Å². The van der Waals surface area contributed by atoms with Gasteiger partial charge in [0.1, 0.15) is 17.9 Å². The van der Waals surface area contributed by atoms with E-state index in [1.165, 1.54) is 12.1 Å². The molecule has 0 aliphatic rings. The molecular weight excluding hydrogens is 371 g/mol. The van der Waals surface area contributed by atoms with Gasteiger partial charge in [-0.3, -0.25) is 9.78 Å². The van der Waals surface area contributed by atoms with Crippen LogP contribution in [0.1, 0.15) is 6.92 Å². The third kappa shape index (κ3) is 4.86. The Balaban J connectivity index is 1.53. The lowest BCUT2D eigenvalue weighted by molar-refractivity contribution is -0.123. The maximum Gasteiger partial charge on any atom is 0.258 e. The van der Waals surface area contributed by atoms with Gasteiger partial charge in [0.25, 0.3) is 5.91 Å². The van der Waals surface area contributed by atoms with Gasteiger partial charge in [-0.15, -0.1) is 0 Å². The summed E-state index contributed by atoms with van der Waals surface area (Å²) in [6, 6.07) is 12.8. The van der Waals surface area contributed by atoms with E-state index in [4.69, 9.17) is 21.1 Å². The van der Waals surface area contributed by atoms with Gasteiger partial charge in [0.05, 0.1) is 11.1 Å². The van der Waals surface area contributed by atoms with Crippen LogP contribution in [0.5, 0.6) is 11.5 Å². The van der Waals surface area contributed by atoms with E-state index in [0.717, 1.165) is 5.39 Å². The molecule has 3 aromatic rings. The number of hydrogen-bond donors (Lipinski definition) is 1. The maximum atomic E-state index is 13.5. The number of halogens is 2. The number of nitrogens with zero attached hydrogens (tertiary/aromatic N) is 1. The second-order valence-electron chi connectivity index (χ2n) is 5.94. The Morgan fingerprint density at radius 1 is 1.15 bits per heavy atom. The van der Waals surface area contributed by atoms with Crippen molar-refractivity contribution in [2.75, 3.05) is 13.2 Å². The number of carbonyl (C=O) groups is 1. The van der Waals surface area contributed by atoms with Gasteiger partial charge in [-0.2, -0.15) is 0 Å². The third-order valence-electron chi connectivity index (χ3n) is 3.77. The SMILES string of the molecule is CC(COc1ccccc1F)NC(=O)COc1ccc(Cl)c2cccnc12. The molecule has 1 amide bonds. The topological polar surface area (TPSA) is 60.5 Å². The van der Waals surface area contributed by atoms with E-state index in [1.54, 1.807) is 43.5 Å². The van der Waals surface area contributed by atoms with Crippen molar-refractivity contribution in [2.24, 2.45) is 0 Å². The monoisotopic (exact) mass is 388 g/mol. The molecule has 27 heavy (non-hydrogen) atoms. The number of fused-ring (bicyclic) bond motifs is 1. The van der Waals surface area contributed by atoms with Gasteiger partial charge < -0.3 is 14.8 Å². The third-order valence-corrected chi connectivity index (χ3v) is 4.10. The van der Waals surface area contributed by atoms with E-state index in [9.17, 15) is 9.18 Å². The maximum absolute atomic E-state index is 13.5. The van der Waals surface area contributed by atoms with Crippen LogP contribution in [0.4, 0.5) is 4.39 Å². The molecule has 0 aliphatic heterocycles. The molecule has 1 N–H and O–H groups in total. The first kappa shape index (κ1) is 18.9. The molecule has 0 spiro atoms. The Hall–Kier alpha value is -2.86. The molecule has 0 bridgehead atoms. The highest BCUT2D eigenvalue weighted by atomic mass is 35.5. The van der Waals surface area contributed by atoms with Crippen LogP contribution in [0, 0.1) is 5.82 Å². The van der Waals surface area contributed by atoms with Crippen molar-refractivity contribution in [1.82, 2.24) is 10.3 Å². The molecule has 5 nitrogen and oxygen atoms in total. The van der Waals surface area contributed by atoms with Crippen molar-refractivity contribution in [3.05, 3.63) is 65.6 Å². The highest BCUT2D eigenvalue weighted by Gasteiger charge is 2.12. The fraction of sp³-hybridized carbons (Fsp3) is 0.200. The van der Waals surface area contributed by atoms with Gasteiger partial charge in [0, 0.05) is 11.6 Å². The number of pyridine rings is 1. The smallest absolute Gasteiger partial charge is 0.258 e. The molecule has 140 valence electrons. The average Bonchev–Trinajstić information content (AvgIpc) is 2.67. The van der Waals surface area contributed by atoms with Gasteiger partial charge in [-0.1, -0.05) is 23.7 Å². The lowest BCUT2D eigenvalue weighted by Crippen LogP contribution is -2.39. The minimum atomic E-state index is -0.443. The van der Waals surface area contributed by atoms with E-state index in [0.29, 0.717) is 16.3 Å². The zero-order valence-corrected chi connectivity index (χ0v) is 15.4. The molecule has 1 atom stereocenters. The Bertz CT molecular complexity index is 951. The molecule has 1 heterocycles. The highest BCUT2D eigenvalue weighted by molar-refractivity contribution is 6.35. The van der Waals surface area contributed by atoms with Crippen LogP contribution >= 0.6 is 11.6 Å². The zero-order valence-electron chi connectivity index (χ0n) is 14.6. The fourth-order valence-electron chi connectivity index (χ4n) is 2.51. The predicted octanol–water partition coefficient (Wildman–Crippen LogP) is 3.99. The Labute approximate surface area is 161 Å². The highest BCUT2D eigenvalue weighted by Crippen LogP contribution is 2.29. The van der Waals surface area contributed by atoms with Gasteiger partial charge >= 0.3 is 0 Å². The number of benzene rings is 2. The standard InChI is InChI=1S/C20H18ClFN2O3/c1-13(11-26-17-7-3-2-6-16(17)22)24-19(25)12-27-18-9-8-15(21)14-5-4-10-23-20(14)18/h2-10,13H,11-12H2,1H3,(H,24,25). The minimum absolute atomic E-state index is 0.137. The summed E-state index contributed by atoms with van der Waals surface area (Å²) in [5.74, 6) is -0.144. The number of para-hydroxylation sites is 1. The summed E-state index contributed by atoms with van der Waals surface area (Å²) in [6.45, 7) is 1.72. The lowest BCUT2D eigenvalue weighted by atomic mass is 10.2. The Kier molecular flexibility index (Phi) is 6.08. The van der Waals surface area contributed by atoms with Crippen LogP contribution in [-0.4, -0.2) is 30.1 Å². The number of ether oxygens (including phenoxy) is 2. The summed E-state index contributed by atoms with van der Waals surface area (Å²) in [5, 5.41) is 4.06. The van der Waals surface area contributed by atoms with Crippen LogP contribution in [0.25, 0.3) is 10.9 Å². The predicted molar refractivity (Wildman–Crippen MR) is 102 cm³/mol. The molecule has 0 radical (unpaired) electrons. The van der Waals surface area contributed by atoms with Crippen molar-refractivity contribution < 1.29 is 18.7 Å². The molecule has 1 unspecified atom stereocenters. The summed E-state index contributed by atoms with van der Waals surface area (Å²) >= 11 is 6.14. The number of nitrogens with one attached hydrogen (secondary N) is 1. The largest absolute Gasteiger partial charge is 0.488 e. The number of aromatic nitrogens is 1. The van der Waals surface area contributed by atoms with Crippen molar-refractivity contribution >= 4 is 28.4 Å². The summed E-state index contributed by atoms with van der Waals surface area (Å²) in [4.78, 5) is 16.4. The zero-order chi connectivity index (χ0) is 19.2. The number of amides is 1. The van der Waals surface area contributed by atoms with E-state index in [-0.39, 0.29) is 30.9 Å². The molecular formula is C20H18ClFN2O3. The second-order valence-corrected chi connectivity index (χ2v) is 6.35. The van der Waals surface area contributed by atoms with Gasteiger partial charge in [-0.05, 0) is 43.3 Å². The van der Waals surface area contributed by atoms with E-state index in [2.05, 4.69) is 10.3 Å². The van der Waals surface area contributed by atoms with Crippen LogP contribution < -0.4 is 14.8 Å². The van der Waals surface area contributed by atoms with E-state index in [1.807, 2.05) is 6.07 Å². The van der Waals surface area contributed by atoms with Crippen LogP contribution in [0.2, 0.25) is 5.02 Å². The number of rotatable bonds is 7.